The molecule has 5 aromatic rings. The summed E-state index contributed by atoms with van der Waals surface area (Å²) >= 11 is 0. The largest absolute Gasteiger partial charge is 0.491 e. The Balaban J connectivity index is 1.57. The number of hydrogen-bond donors (Lipinski definition) is 1. The number of carbonyl (C=O) groups is 1. The van der Waals surface area contributed by atoms with E-state index in [4.69, 9.17) is 9.47 Å². The molecule has 37 heavy (non-hydrogen) atoms. The van der Waals surface area contributed by atoms with Crippen LogP contribution in [0.1, 0.15) is 16.7 Å². The van der Waals surface area contributed by atoms with Crippen LogP contribution >= 0.6 is 0 Å². The van der Waals surface area contributed by atoms with Crippen molar-refractivity contribution >= 4 is 16.7 Å². The fourth-order valence-corrected chi connectivity index (χ4v) is 4.82. The van der Waals surface area contributed by atoms with E-state index in [0.717, 1.165) is 27.5 Å². The van der Waals surface area contributed by atoms with Crippen molar-refractivity contribution in [2.75, 3.05) is 13.7 Å². The van der Waals surface area contributed by atoms with Crippen molar-refractivity contribution in [3.05, 3.63) is 150 Å². The summed E-state index contributed by atoms with van der Waals surface area (Å²) in [6.45, 7) is 0.0965. The maximum atomic E-state index is 13.2. The van der Waals surface area contributed by atoms with Crippen LogP contribution in [0, 0.1) is 0 Å². The molecule has 0 fully saturated rings. The molecule has 0 bridgehead atoms. The first-order chi connectivity index (χ1) is 18.2. The van der Waals surface area contributed by atoms with Gasteiger partial charge in [-0.2, -0.15) is 0 Å². The topological polar surface area (TPSA) is 47.6 Å². The Kier molecular flexibility index (Phi) is 7.29. The maximum absolute atomic E-state index is 13.2. The van der Waals surface area contributed by atoms with Crippen molar-refractivity contribution in [3.63, 3.8) is 0 Å². The summed E-state index contributed by atoms with van der Waals surface area (Å²) in [4.78, 5) is 13.2. The van der Waals surface area contributed by atoms with Crippen LogP contribution in [0.3, 0.4) is 0 Å². The summed E-state index contributed by atoms with van der Waals surface area (Å²) in [5, 5.41) is 5.89. The van der Waals surface area contributed by atoms with Gasteiger partial charge in [-0.05, 0) is 39.6 Å². The Hall–Kier alpha value is -4.41. The quantitative estimate of drug-likeness (QED) is 0.195. The molecule has 1 N–H and O–H groups in total. The van der Waals surface area contributed by atoms with Gasteiger partial charge < -0.3 is 9.47 Å². The minimum atomic E-state index is -0.824. The van der Waals surface area contributed by atoms with E-state index in [0.29, 0.717) is 5.75 Å². The van der Waals surface area contributed by atoms with Crippen LogP contribution in [0.15, 0.2) is 133 Å². The van der Waals surface area contributed by atoms with E-state index in [1.165, 1.54) is 7.11 Å². The van der Waals surface area contributed by atoms with E-state index in [1.807, 2.05) is 91.0 Å². The van der Waals surface area contributed by atoms with Gasteiger partial charge in [-0.15, -0.1) is 0 Å². The summed E-state index contributed by atoms with van der Waals surface area (Å²) in [6.07, 6.45) is 0. The highest BCUT2D eigenvalue weighted by atomic mass is 16.5. The first-order valence-corrected chi connectivity index (χ1v) is 12.3. The standard InChI is InChI=1S/C33H29NO3/c1-36-32(35)31(24-37-30-22-21-25-13-11-12-14-26(25)23-30)34-33(27-15-5-2-6-16-27,28-17-7-3-8-18-28)29-19-9-4-10-20-29/h2-23,31,34H,24H2,1H3. The lowest BCUT2D eigenvalue weighted by atomic mass is 9.76. The molecule has 0 aliphatic carbocycles. The summed E-state index contributed by atoms with van der Waals surface area (Å²) in [5.41, 5.74) is 2.20. The van der Waals surface area contributed by atoms with Gasteiger partial charge in [0.2, 0.25) is 0 Å². The molecule has 0 heterocycles. The summed E-state index contributed by atoms with van der Waals surface area (Å²) in [6, 6.07) is 43.8. The van der Waals surface area contributed by atoms with E-state index >= 15 is 0 Å². The summed E-state index contributed by atoms with van der Waals surface area (Å²) < 4.78 is 11.4. The summed E-state index contributed by atoms with van der Waals surface area (Å²) in [5.74, 6) is 0.298. The van der Waals surface area contributed by atoms with Crippen LogP contribution in [0.4, 0.5) is 0 Å². The molecule has 0 aliphatic heterocycles. The fourth-order valence-electron chi connectivity index (χ4n) is 4.82. The van der Waals surface area contributed by atoms with Gasteiger partial charge in [0.15, 0.2) is 0 Å². The number of methoxy groups -OCH3 is 1. The molecule has 184 valence electrons. The summed E-state index contributed by atoms with van der Waals surface area (Å²) in [7, 11) is 1.41. The minimum Gasteiger partial charge on any atom is -0.491 e. The van der Waals surface area contributed by atoms with Crippen LogP contribution in [-0.2, 0) is 15.1 Å². The lowest BCUT2D eigenvalue weighted by molar-refractivity contribution is -0.144. The van der Waals surface area contributed by atoms with Crippen LogP contribution in [0.25, 0.3) is 10.8 Å². The molecular formula is C33H29NO3. The van der Waals surface area contributed by atoms with Crippen molar-refractivity contribution in [3.8, 4) is 5.75 Å². The molecule has 0 aliphatic rings. The number of esters is 1. The van der Waals surface area contributed by atoms with Gasteiger partial charge in [-0.1, -0.05) is 121 Å². The first-order valence-electron chi connectivity index (χ1n) is 12.3. The normalized spacial score (nSPS) is 12.1. The molecule has 4 heteroatoms. The number of ether oxygens (including phenoxy) is 2. The fraction of sp³-hybridized carbons (Fsp3) is 0.121. The molecule has 0 aromatic heterocycles. The van der Waals surface area contributed by atoms with Gasteiger partial charge in [0.25, 0.3) is 0 Å². The zero-order valence-electron chi connectivity index (χ0n) is 20.7. The van der Waals surface area contributed by atoms with Gasteiger partial charge in [-0.25, -0.2) is 0 Å². The lowest BCUT2D eigenvalue weighted by Crippen LogP contribution is -2.55. The predicted octanol–water partition coefficient (Wildman–Crippen LogP) is 6.34. The zero-order valence-corrected chi connectivity index (χ0v) is 20.7. The third-order valence-electron chi connectivity index (χ3n) is 6.63. The monoisotopic (exact) mass is 487 g/mol. The van der Waals surface area contributed by atoms with Crippen LogP contribution in [0.5, 0.6) is 5.75 Å². The number of fused-ring (bicyclic) bond motifs is 1. The molecule has 1 unspecified atom stereocenters. The van der Waals surface area contributed by atoms with Crippen molar-refractivity contribution in [2.45, 2.75) is 11.6 Å². The van der Waals surface area contributed by atoms with Gasteiger partial charge in [0.05, 0.1) is 12.6 Å². The van der Waals surface area contributed by atoms with E-state index in [2.05, 4.69) is 47.8 Å². The molecular weight excluding hydrogens is 458 g/mol. The minimum absolute atomic E-state index is 0.0965. The van der Waals surface area contributed by atoms with Gasteiger partial charge >= 0.3 is 5.97 Å². The third-order valence-corrected chi connectivity index (χ3v) is 6.63. The Bertz CT molecular complexity index is 1360. The number of hydrogen-bond acceptors (Lipinski definition) is 4. The number of rotatable bonds is 9. The highest BCUT2D eigenvalue weighted by molar-refractivity contribution is 5.83. The van der Waals surface area contributed by atoms with E-state index in [9.17, 15) is 4.79 Å². The van der Waals surface area contributed by atoms with Gasteiger partial charge in [-0.3, -0.25) is 10.1 Å². The van der Waals surface area contributed by atoms with E-state index < -0.39 is 17.6 Å². The van der Waals surface area contributed by atoms with Crippen molar-refractivity contribution in [1.29, 1.82) is 0 Å². The smallest absolute Gasteiger partial charge is 0.326 e. The van der Waals surface area contributed by atoms with Crippen LogP contribution in [-0.4, -0.2) is 25.7 Å². The molecule has 0 radical (unpaired) electrons. The van der Waals surface area contributed by atoms with Crippen molar-refractivity contribution in [1.82, 2.24) is 5.32 Å². The molecule has 5 aromatic carbocycles. The first kappa shape index (κ1) is 24.3. The van der Waals surface area contributed by atoms with E-state index in [1.54, 1.807) is 0 Å². The number of nitrogens with one attached hydrogen (secondary N) is 1. The Morgan fingerprint density at radius 2 is 1.16 bits per heavy atom. The average molecular weight is 488 g/mol. The van der Waals surface area contributed by atoms with Crippen LogP contribution in [0.2, 0.25) is 0 Å². The highest BCUT2D eigenvalue weighted by Gasteiger charge is 2.40. The second kappa shape index (κ2) is 11.1. The highest BCUT2D eigenvalue weighted by Crippen LogP contribution is 2.37. The third kappa shape index (κ3) is 5.11. The molecule has 0 saturated heterocycles. The molecule has 0 spiro atoms. The molecule has 1 atom stereocenters. The Morgan fingerprint density at radius 1 is 0.676 bits per heavy atom. The molecule has 5 rings (SSSR count). The van der Waals surface area contributed by atoms with Gasteiger partial charge in [0.1, 0.15) is 18.4 Å². The maximum Gasteiger partial charge on any atom is 0.326 e. The Morgan fingerprint density at radius 3 is 1.68 bits per heavy atom. The number of benzene rings is 5. The second-order valence-electron chi connectivity index (χ2n) is 8.89. The molecule has 0 saturated carbocycles. The average Bonchev–Trinajstić information content (AvgIpc) is 2.98. The van der Waals surface area contributed by atoms with E-state index in [-0.39, 0.29) is 6.61 Å². The lowest BCUT2D eigenvalue weighted by Gasteiger charge is -2.39. The van der Waals surface area contributed by atoms with Gasteiger partial charge in [0, 0.05) is 0 Å². The van der Waals surface area contributed by atoms with Crippen LogP contribution < -0.4 is 10.1 Å². The zero-order chi connectivity index (χ0) is 25.5. The second-order valence-corrected chi connectivity index (χ2v) is 8.89. The molecule has 0 amide bonds. The SMILES string of the molecule is COC(=O)C(COc1ccc2ccccc2c1)NC(c1ccccc1)(c1ccccc1)c1ccccc1. The Labute approximate surface area is 217 Å². The van der Waals surface area contributed by atoms with Crippen molar-refractivity contribution < 1.29 is 14.3 Å². The van der Waals surface area contributed by atoms with Crippen molar-refractivity contribution in [2.24, 2.45) is 0 Å². The number of carbonyl (C=O) groups excluding carboxylic acids is 1. The predicted molar refractivity (Wildman–Crippen MR) is 148 cm³/mol. The molecule has 4 nitrogen and oxygen atoms in total.